The van der Waals surface area contributed by atoms with Crippen LogP contribution in [-0.2, 0) is 10.0 Å². The maximum atomic E-state index is 12.5. The molecule has 1 N–H and O–H groups in total. The van der Waals surface area contributed by atoms with Crippen LogP contribution in [0.25, 0.3) is 0 Å². The molecule has 1 aliphatic carbocycles. The van der Waals surface area contributed by atoms with Crippen molar-refractivity contribution in [3.8, 4) is 0 Å². The molecule has 0 aromatic heterocycles. The number of benzene rings is 1. The van der Waals surface area contributed by atoms with Crippen molar-refractivity contribution in [2.75, 3.05) is 13.6 Å². The SMILES string of the molecule is CC(O)c1ccc(S(=O)(=O)N(C)CC2CCCC2)cc1. The lowest BCUT2D eigenvalue weighted by Gasteiger charge is -2.21. The van der Waals surface area contributed by atoms with Crippen molar-refractivity contribution in [3.63, 3.8) is 0 Å². The molecule has 1 saturated carbocycles. The molecule has 2 rings (SSSR count). The number of hydrogen-bond donors (Lipinski definition) is 1. The molecular weight excluding hydrogens is 274 g/mol. The van der Waals surface area contributed by atoms with Gasteiger partial charge in [0, 0.05) is 13.6 Å². The first-order chi connectivity index (χ1) is 9.41. The van der Waals surface area contributed by atoms with Crippen molar-refractivity contribution in [2.45, 2.75) is 43.6 Å². The fourth-order valence-corrected chi connectivity index (χ4v) is 4.00. The van der Waals surface area contributed by atoms with Gasteiger partial charge in [-0.3, -0.25) is 0 Å². The Hall–Kier alpha value is -0.910. The lowest BCUT2D eigenvalue weighted by Crippen LogP contribution is -2.31. The first-order valence-electron chi connectivity index (χ1n) is 7.15. The van der Waals surface area contributed by atoms with Gasteiger partial charge in [0.05, 0.1) is 11.0 Å². The normalized spacial score (nSPS) is 18.6. The lowest BCUT2D eigenvalue weighted by atomic mass is 10.1. The predicted molar refractivity (Wildman–Crippen MR) is 78.8 cm³/mol. The largest absolute Gasteiger partial charge is 0.389 e. The van der Waals surface area contributed by atoms with Crippen LogP contribution in [0.15, 0.2) is 29.2 Å². The molecule has 0 spiro atoms. The molecule has 1 unspecified atom stereocenters. The molecular formula is C15H23NO3S. The molecule has 1 aromatic rings. The molecule has 0 heterocycles. The second-order valence-corrected chi connectivity index (χ2v) is 7.73. The Bertz CT molecular complexity index is 531. The highest BCUT2D eigenvalue weighted by Crippen LogP contribution is 2.27. The smallest absolute Gasteiger partial charge is 0.242 e. The third-order valence-corrected chi connectivity index (χ3v) is 5.90. The van der Waals surface area contributed by atoms with Crippen LogP contribution in [0.5, 0.6) is 0 Å². The Morgan fingerprint density at radius 3 is 2.30 bits per heavy atom. The minimum Gasteiger partial charge on any atom is -0.389 e. The van der Waals surface area contributed by atoms with Gasteiger partial charge in [-0.2, -0.15) is 0 Å². The lowest BCUT2D eigenvalue weighted by molar-refractivity contribution is 0.199. The van der Waals surface area contributed by atoms with Gasteiger partial charge < -0.3 is 5.11 Å². The number of aliphatic hydroxyl groups is 1. The van der Waals surface area contributed by atoms with Crippen molar-refractivity contribution < 1.29 is 13.5 Å². The van der Waals surface area contributed by atoms with Gasteiger partial charge in [-0.1, -0.05) is 25.0 Å². The van der Waals surface area contributed by atoms with E-state index in [4.69, 9.17) is 0 Å². The summed E-state index contributed by atoms with van der Waals surface area (Å²) in [5.74, 6) is 0.492. The number of aliphatic hydroxyl groups excluding tert-OH is 1. The van der Waals surface area contributed by atoms with Gasteiger partial charge in [-0.25, -0.2) is 12.7 Å². The second kappa shape index (κ2) is 6.24. The van der Waals surface area contributed by atoms with Gasteiger partial charge in [0.2, 0.25) is 10.0 Å². The van der Waals surface area contributed by atoms with Crippen LogP contribution in [0, 0.1) is 5.92 Å². The molecule has 5 heteroatoms. The molecule has 20 heavy (non-hydrogen) atoms. The standard InChI is InChI=1S/C15H23NO3S/c1-12(17)14-7-9-15(10-8-14)20(18,19)16(2)11-13-5-3-4-6-13/h7-10,12-13,17H,3-6,11H2,1-2H3. The minimum atomic E-state index is -3.42. The summed E-state index contributed by atoms with van der Waals surface area (Å²) in [4.78, 5) is 0.294. The van der Waals surface area contributed by atoms with Crippen molar-refractivity contribution >= 4 is 10.0 Å². The maximum absolute atomic E-state index is 12.5. The van der Waals surface area contributed by atoms with Crippen LogP contribution in [0.3, 0.4) is 0 Å². The van der Waals surface area contributed by atoms with Gasteiger partial charge in [-0.05, 0) is 43.4 Å². The summed E-state index contributed by atoms with van der Waals surface area (Å²) in [7, 11) is -1.77. The third kappa shape index (κ3) is 3.40. The summed E-state index contributed by atoms with van der Waals surface area (Å²) >= 11 is 0. The molecule has 112 valence electrons. The second-order valence-electron chi connectivity index (χ2n) is 5.68. The summed E-state index contributed by atoms with van der Waals surface area (Å²) in [5.41, 5.74) is 0.724. The number of rotatable bonds is 5. The molecule has 4 nitrogen and oxygen atoms in total. The molecule has 0 radical (unpaired) electrons. The minimum absolute atomic E-state index is 0.294. The van der Waals surface area contributed by atoms with Gasteiger partial charge in [-0.15, -0.1) is 0 Å². The first kappa shape index (κ1) is 15.5. The van der Waals surface area contributed by atoms with Crippen LogP contribution in [0.4, 0.5) is 0 Å². The van der Waals surface area contributed by atoms with Crippen LogP contribution >= 0.6 is 0 Å². The van der Waals surface area contributed by atoms with E-state index in [9.17, 15) is 13.5 Å². The fourth-order valence-electron chi connectivity index (χ4n) is 2.75. The Balaban J connectivity index is 2.11. The Morgan fingerprint density at radius 2 is 1.80 bits per heavy atom. The van der Waals surface area contributed by atoms with E-state index in [0.717, 1.165) is 18.4 Å². The van der Waals surface area contributed by atoms with E-state index < -0.39 is 16.1 Å². The van der Waals surface area contributed by atoms with Crippen LogP contribution in [0.2, 0.25) is 0 Å². The van der Waals surface area contributed by atoms with E-state index >= 15 is 0 Å². The monoisotopic (exact) mass is 297 g/mol. The zero-order valence-electron chi connectivity index (χ0n) is 12.1. The number of sulfonamides is 1. The average Bonchev–Trinajstić information content (AvgIpc) is 2.91. The maximum Gasteiger partial charge on any atom is 0.242 e. The average molecular weight is 297 g/mol. The number of nitrogens with zero attached hydrogens (tertiary/aromatic N) is 1. The first-order valence-corrected chi connectivity index (χ1v) is 8.59. The van der Waals surface area contributed by atoms with E-state index in [0.29, 0.717) is 17.4 Å². The van der Waals surface area contributed by atoms with E-state index in [1.807, 2.05) is 0 Å². The van der Waals surface area contributed by atoms with E-state index in [-0.39, 0.29) is 0 Å². The molecule has 1 fully saturated rings. The van der Waals surface area contributed by atoms with Crippen molar-refractivity contribution in [1.82, 2.24) is 4.31 Å². The van der Waals surface area contributed by atoms with Crippen molar-refractivity contribution in [2.24, 2.45) is 5.92 Å². The molecule has 0 bridgehead atoms. The third-order valence-electron chi connectivity index (χ3n) is 4.06. The highest BCUT2D eigenvalue weighted by molar-refractivity contribution is 7.89. The Kier molecular flexibility index (Phi) is 4.83. The van der Waals surface area contributed by atoms with E-state index in [1.165, 1.54) is 17.1 Å². The molecule has 1 aromatic carbocycles. The van der Waals surface area contributed by atoms with Crippen molar-refractivity contribution in [3.05, 3.63) is 29.8 Å². The van der Waals surface area contributed by atoms with Gasteiger partial charge in [0.1, 0.15) is 0 Å². The summed E-state index contributed by atoms with van der Waals surface area (Å²) in [6, 6.07) is 6.48. The molecule has 0 saturated heterocycles. The Labute approximate surface area is 121 Å². The summed E-state index contributed by atoms with van der Waals surface area (Å²) in [6.07, 6.45) is 4.09. The van der Waals surface area contributed by atoms with Gasteiger partial charge in [0.15, 0.2) is 0 Å². The van der Waals surface area contributed by atoms with Crippen LogP contribution in [0.1, 0.15) is 44.3 Å². The number of hydrogen-bond acceptors (Lipinski definition) is 3. The Morgan fingerprint density at radius 1 is 1.25 bits per heavy atom. The quantitative estimate of drug-likeness (QED) is 0.908. The van der Waals surface area contributed by atoms with Gasteiger partial charge in [0.25, 0.3) is 0 Å². The van der Waals surface area contributed by atoms with Crippen molar-refractivity contribution in [1.29, 1.82) is 0 Å². The summed E-state index contributed by atoms with van der Waals surface area (Å²) in [6.45, 7) is 2.26. The topological polar surface area (TPSA) is 57.6 Å². The molecule has 1 aliphatic rings. The highest BCUT2D eigenvalue weighted by atomic mass is 32.2. The summed E-state index contributed by atoms with van der Waals surface area (Å²) < 4.78 is 26.4. The summed E-state index contributed by atoms with van der Waals surface area (Å²) in [5, 5.41) is 9.46. The fraction of sp³-hybridized carbons (Fsp3) is 0.600. The van der Waals surface area contributed by atoms with Gasteiger partial charge >= 0.3 is 0 Å². The predicted octanol–water partition coefficient (Wildman–Crippen LogP) is 2.55. The van der Waals surface area contributed by atoms with E-state index in [1.54, 1.807) is 38.2 Å². The zero-order valence-corrected chi connectivity index (χ0v) is 12.9. The van der Waals surface area contributed by atoms with Crippen LogP contribution < -0.4 is 0 Å². The van der Waals surface area contributed by atoms with Crippen LogP contribution in [-0.4, -0.2) is 31.4 Å². The molecule has 0 amide bonds. The highest BCUT2D eigenvalue weighted by Gasteiger charge is 2.25. The van der Waals surface area contributed by atoms with E-state index in [2.05, 4.69) is 0 Å². The molecule has 1 atom stereocenters. The zero-order chi connectivity index (χ0) is 14.8. The molecule has 0 aliphatic heterocycles.